The number of rotatable bonds is 43. The summed E-state index contributed by atoms with van der Waals surface area (Å²) in [5, 5.41) is 2.83. The summed E-state index contributed by atoms with van der Waals surface area (Å²) in [6.45, 7) is 2.22. The van der Waals surface area contributed by atoms with Crippen LogP contribution >= 0.6 is 0 Å². The fraction of sp³-hybridized carbons (Fsp3) is 0.353. The zero-order valence-corrected chi connectivity index (χ0v) is 71.8. The number of benzene rings is 10. The molecule has 3 saturated heterocycles. The molecule has 1 amide bonds. The first-order chi connectivity index (χ1) is 62.6. The first kappa shape index (κ1) is 92.3. The molecule has 3 heterocycles. The Morgan fingerprint density at radius 1 is 0.336 bits per heavy atom. The summed E-state index contributed by atoms with van der Waals surface area (Å²) < 4.78 is 128. The smallest absolute Gasteiger partial charge is 0.407 e. The lowest BCUT2D eigenvalue weighted by Gasteiger charge is -2.51. The van der Waals surface area contributed by atoms with Gasteiger partial charge in [0.25, 0.3) is 0 Å². The summed E-state index contributed by atoms with van der Waals surface area (Å²) in [6, 6.07) is 86.8. The number of unbranched alkanes of at least 4 members (excludes halogenated alkanes) is 1. The molecule has 26 nitrogen and oxygen atoms in total. The van der Waals surface area contributed by atoms with E-state index in [2.05, 4.69) is 17.4 Å². The minimum absolute atomic E-state index is 0.00397. The van der Waals surface area contributed by atoms with E-state index in [1.807, 2.05) is 218 Å². The topological polar surface area (TPSA) is 290 Å². The second-order valence-electron chi connectivity index (χ2n) is 31.4. The molecule has 1 N–H and O–H groups in total. The van der Waals surface area contributed by atoms with Crippen LogP contribution in [0.5, 0.6) is 5.75 Å². The van der Waals surface area contributed by atoms with Crippen molar-refractivity contribution in [2.75, 3.05) is 40.1 Å². The third-order valence-electron chi connectivity index (χ3n) is 22.2. The van der Waals surface area contributed by atoms with Crippen LogP contribution in [-0.4, -0.2) is 174 Å². The molecule has 4 aliphatic rings. The Labute approximate surface area is 744 Å². The lowest BCUT2D eigenvalue weighted by Crippen LogP contribution is -2.68. The van der Waals surface area contributed by atoms with E-state index in [1.165, 1.54) is 20.8 Å². The minimum atomic E-state index is -1.70. The predicted octanol–water partition coefficient (Wildman–Crippen LogP) is 15.2. The molecule has 0 unspecified atom stereocenters. The second-order valence-corrected chi connectivity index (χ2v) is 31.4. The molecule has 3 fully saturated rings. The monoisotopic (exact) mass is 1750 g/mol. The maximum Gasteiger partial charge on any atom is 0.407 e. The van der Waals surface area contributed by atoms with Gasteiger partial charge in [-0.25, -0.2) is 14.4 Å². The Kier molecular flexibility index (Phi) is 34.1. The van der Waals surface area contributed by atoms with Crippen molar-refractivity contribution in [3.8, 4) is 16.9 Å². The van der Waals surface area contributed by atoms with Gasteiger partial charge in [-0.1, -0.05) is 261 Å². The fourth-order valence-electron chi connectivity index (χ4n) is 16.0. The fourth-order valence-corrected chi connectivity index (χ4v) is 16.0. The molecule has 128 heavy (non-hydrogen) atoms. The number of hydrogen-bond donors (Lipinski definition) is 1. The van der Waals surface area contributed by atoms with Crippen molar-refractivity contribution in [3.63, 3.8) is 0 Å². The number of methoxy groups -OCH3 is 1. The van der Waals surface area contributed by atoms with Gasteiger partial charge in [0, 0.05) is 33.3 Å². The molecule has 670 valence electrons. The standard InChI is InChI=1S/C102H107NO25/c1-67(104)114-66-87-88(121-68(2)105)92(117-61-76-51-53-78(110-4)54-52-76)96(122-69(3)106)101(125-87)128-89-86(65-112-57-71-34-14-6-15-35-71)124-100(94(118-60-74-40-20-9-21-41-74)91(89)115-58-72-36-16-7-17-37-72)127-90-85(64-111-56-70-32-12-5-13-33-70)123-99(95(126-97(107)77-44-24-11-25-45-77)93(90)116-59-73-38-18-8-19-39-73)113-55-31-30-50-84(98(108)119-62-75-42-22-10-23-43-75)103-102(109)120-63-83-81-48-28-26-46-79(81)80-47-27-29-49-82(80)83/h5-29,32-49,51-54,83-96,99-101H,30-31,50,55-66H2,1-4H3,(H,103,109)/t84-,85+,86+,87+,88-,89-,90+,91-,92-,93-,94+,95+,96+,99+,100-,101+/m0/s1. The van der Waals surface area contributed by atoms with E-state index in [-0.39, 0.29) is 103 Å². The summed E-state index contributed by atoms with van der Waals surface area (Å²) in [5.74, 6) is -3.36. The number of esters is 5. The highest BCUT2D eigenvalue weighted by Crippen LogP contribution is 2.45. The Balaban J connectivity index is 0.829. The molecule has 0 aromatic heterocycles. The van der Waals surface area contributed by atoms with E-state index >= 15 is 4.79 Å². The van der Waals surface area contributed by atoms with E-state index < -0.39 is 141 Å². The van der Waals surface area contributed by atoms with Gasteiger partial charge in [-0.3, -0.25) is 14.4 Å². The van der Waals surface area contributed by atoms with Crippen LogP contribution in [0.1, 0.15) is 106 Å². The number of alkyl carbamates (subject to hydrolysis) is 1. The van der Waals surface area contributed by atoms with E-state index in [9.17, 15) is 24.0 Å². The second kappa shape index (κ2) is 47.3. The van der Waals surface area contributed by atoms with Crippen LogP contribution in [0, 0.1) is 0 Å². The van der Waals surface area contributed by atoms with Crippen LogP contribution in [0.15, 0.2) is 285 Å². The van der Waals surface area contributed by atoms with Gasteiger partial charge in [0.15, 0.2) is 37.2 Å². The Bertz CT molecular complexity index is 5060. The normalized spacial score (nSPS) is 22.6. The van der Waals surface area contributed by atoms with Crippen LogP contribution < -0.4 is 10.1 Å². The summed E-state index contributed by atoms with van der Waals surface area (Å²) in [4.78, 5) is 83.7. The highest BCUT2D eigenvalue weighted by atomic mass is 16.8. The maximum atomic E-state index is 15.2. The number of fused-ring (bicyclic) bond motifs is 3. The van der Waals surface area contributed by atoms with Crippen molar-refractivity contribution in [2.45, 2.75) is 190 Å². The third kappa shape index (κ3) is 26.0. The summed E-state index contributed by atoms with van der Waals surface area (Å²) in [6.07, 6.45) is -21.6. The molecule has 0 spiro atoms. The van der Waals surface area contributed by atoms with E-state index in [1.54, 1.807) is 61.7 Å². The van der Waals surface area contributed by atoms with Crippen LogP contribution in [0.3, 0.4) is 0 Å². The van der Waals surface area contributed by atoms with Crippen molar-refractivity contribution in [2.24, 2.45) is 0 Å². The summed E-state index contributed by atoms with van der Waals surface area (Å²) in [7, 11) is 1.54. The first-order valence-corrected chi connectivity index (χ1v) is 43.0. The van der Waals surface area contributed by atoms with Gasteiger partial charge in [-0.15, -0.1) is 0 Å². The van der Waals surface area contributed by atoms with Crippen molar-refractivity contribution in [1.82, 2.24) is 5.32 Å². The first-order valence-electron chi connectivity index (χ1n) is 43.0. The minimum Gasteiger partial charge on any atom is -0.497 e. The van der Waals surface area contributed by atoms with Crippen LogP contribution in [0.25, 0.3) is 11.1 Å². The summed E-state index contributed by atoms with van der Waals surface area (Å²) >= 11 is 0. The lowest BCUT2D eigenvalue weighted by atomic mass is 9.95. The molecule has 26 heteroatoms. The zero-order valence-electron chi connectivity index (χ0n) is 71.8. The van der Waals surface area contributed by atoms with Gasteiger partial charge in [0.2, 0.25) is 0 Å². The molecule has 0 saturated carbocycles. The highest BCUT2D eigenvalue weighted by molar-refractivity contribution is 5.89. The molecule has 0 radical (unpaired) electrons. The number of carbonyl (C=O) groups is 6. The molecule has 10 aromatic rings. The number of ether oxygens (including phenoxy) is 19. The van der Waals surface area contributed by atoms with Crippen molar-refractivity contribution >= 4 is 35.9 Å². The van der Waals surface area contributed by atoms with E-state index in [4.69, 9.17) is 90.0 Å². The molecule has 3 aliphatic heterocycles. The van der Waals surface area contributed by atoms with Crippen LogP contribution in [0.2, 0.25) is 0 Å². The van der Waals surface area contributed by atoms with Crippen molar-refractivity contribution < 1.29 is 119 Å². The lowest BCUT2D eigenvalue weighted by molar-refractivity contribution is -0.390. The molecule has 1 aliphatic carbocycles. The van der Waals surface area contributed by atoms with E-state index in [0.29, 0.717) is 11.3 Å². The molecule has 16 atom stereocenters. The SMILES string of the molecule is COc1ccc(CO[C@H]2[C@@H](OC(C)=O)[C@@H](COC(C)=O)O[C@H](O[C@@H]3[C@H](OCc4ccccc4)[C@@H](OCc4ccccc4)[C@H](O[C@H]4[C@H](OCc5ccccc5)[C@@H](OC(=O)c5ccccc5)[C@H](OCCCC[C@H](NC(=O)OCC5c6ccccc6-c6ccccc65)C(=O)OCc5ccccc5)O[C@@H]4COCc4ccccc4)O[C@@H]3COCc3ccccc3)[C@@H]2OC(C)=O)cc1. The predicted molar refractivity (Wildman–Crippen MR) is 466 cm³/mol. The van der Waals surface area contributed by atoms with Crippen LogP contribution in [-0.2, 0) is 151 Å². The molecular formula is C102H107NO25. The van der Waals surface area contributed by atoms with Gasteiger partial charge in [0.05, 0.1) is 65.5 Å². The Hall–Kier alpha value is -11.9. The van der Waals surface area contributed by atoms with Crippen molar-refractivity contribution in [1.29, 1.82) is 0 Å². The average molecular weight is 1750 g/mol. The molecular weight excluding hydrogens is 1640 g/mol. The zero-order chi connectivity index (χ0) is 88.8. The maximum absolute atomic E-state index is 15.2. The Morgan fingerprint density at radius 2 is 0.727 bits per heavy atom. The molecule has 14 rings (SSSR count). The van der Waals surface area contributed by atoms with E-state index in [0.717, 1.165) is 55.6 Å². The van der Waals surface area contributed by atoms with Gasteiger partial charge >= 0.3 is 35.9 Å². The summed E-state index contributed by atoms with van der Waals surface area (Å²) in [5.41, 5.74) is 9.56. The van der Waals surface area contributed by atoms with Gasteiger partial charge in [0.1, 0.15) is 86.5 Å². The number of nitrogens with one attached hydrogen (secondary N) is 1. The third-order valence-corrected chi connectivity index (χ3v) is 22.2. The van der Waals surface area contributed by atoms with Gasteiger partial charge in [-0.05, 0) is 105 Å². The molecule has 10 aromatic carbocycles. The van der Waals surface area contributed by atoms with Gasteiger partial charge in [-0.2, -0.15) is 0 Å². The number of hydrogen-bond acceptors (Lipinski definition) is 25. The largest absolute Gasteiger partial charge is 0.497 e. The highest BCUT2D eigenvalue weighted by Gasteiger charge is 2.59. The molecule has 0 bridgehead atoms. The van der Waals surface area contributed by atoms with Crippen molar-refractivity contribution in [3.05, 3.63) is 341 Å². The number of carbonyl (C=O) groups excluding carboxylic acids is 6. The quantitative estimate of drug-likeness (QED) is 0.0211. The number of amides is 1. The Morgan fingerprint density at radius 3 is 1.20 bits per heavy atom. The van der Waals surface area contributed by atoms with Crippen LogP contribution in [0.4, 0.5) is 4.79 Å². The average Bonchev–Trinajstić information content (AvgIpc) is 1.03. The van der Waals surface area contributed by atoms with Gasteiger partial charge < -0.3 is 95.3 Å².